The van der Waals surface area contributed by atoms with Gasteiger partial charge in [0.1, 0.15) is 0 Å². The summed E-state index contributed by atoms with van der Waals surface area (Å²) in [6.07, 6.45) is 2.72. The quantitative estimate of drug-likeness (QED) is 0.641. The van der Waals surface area contributed by atoms with E-state index in [4.69, 9.17) is 17.0 Å². The second-order valence-electron chi connectivity index (χ2n) is 3.07. The number of nitrogens with zero attached hydrogens (tertiary/aromatic N) is 1. The van der Waals surface area contributed by atoms with E-state index < -0.39 is 0 Å². The highest BCUT2D eigenvalue weighted by Crippen LogP contribution is 2.12. The third-order valence-corrected chi connectivity index (χ3v) is 2.58. The molecule has 12 heavy (non-hydrogen) atoms. The van der Waals surface area contributed by atoms with Gasteiger partial charge in [0, 0.05) is 27.2 Å². The summed E-state index contributed by atoms with van der Waals surface area (Å²) >= 11 is 5.07. The second-order valence-corrected chi connectivity index (χ2v) is 3.46. The average molecular weight is 188 g/mol. The maximum absolute atomic E-state index is 5.49. The first-order chi connectivity index (χ1) is 5.74. The molecule has 0 aliphatic carbocycles. The molecule has 0 radical (unpaired) electrons. The Labute approximate surface area is 79.1 Å². The summed E-state index contributed by atoms with van der Waals surface area (Å²) in [5.41, 5.74) is 0. The molecule has 1 atom stereocenters. The Morgan fingerprint density at radius 2 is 2.50 bits per heavy atom. The van der Waals surface area contributed by atoms with Crippen LogP contribution in [-0.2, 0) is 4.74 Å². The molecule has 1 heterocycles. The Hall–Kier alpha value is -0.350. The molecule has 70 valence electrons. The fourth-order valence-electron chi connectivity index (χ4n) is 1.37. The monoisotopic (exact) mass is 188 g/mol. The number of likely N-dealkylation sites (N-methyl/N-ethyl adjacent to an activating group) is 1. The van der Waals surface area contributed by atoms with Crippen LogP contribution >= 0.6 is 12.2 Å². The van der Waals surface area contributed by atoms with Crippen LogP contribution < -0.4 is 5.32 Å². The third-order valence-electron chi connectivity index (χ3n) is 2.06. The van der Waals surface area contributed by atoms with Crippen LogP contribution in [0.3, 0.4) is 0 Å². The van der Waals surface area contributed by atoms with Crippen molar-refractivity contribution in [2.24, 2.45) is 0 Å². The number of hydrogen-bond donors (Lipinski definition) is 1. The summed E-state index contributed by atoms with van der Waals surface area (Å²) in [7, 11) is 3.83. The van der Waals surface area contributed by atoms with Crippen molar-refractivity contribution in [3.05, 3.63) is 0 Å². The molecule has 1 aliphatic heterocycles. The largest absolute Gasteiger partial charge is 0.376 e. The van der Waals surface area contributed by atoms with Crippen LogP contribution in [0.15, 0.2) is 0 Å². The van der Waals surface area contributed by atoms with Gasteiger partial charge in [0.2, 0.25) is 0 Å². The average Bonchev–Trinajstić information content (AvgIpc) is 2.55. The van der Waals surface area contributed by atoms with Crippen molar-refractivity contribution in [2.45, 2.75) is 18.9 Å². The van der Waals surface area contributed by atoms with Gasteiger partial charge in [-0.25, -0.2) is 0 Å². The number of nitrogens with one attached hydrogen (secondary N) is 1. The van der Waals surface area contributed by atoms with Gasteiger partial charge in [-0.1, -0.05) is 0 Å². The highest BCUT2D eigenvalue weighted by molar-refractivity contribution is 7.80. The molecule has 0 bridgehead atoms. The highest BCUT2D eigenvalue weighted by Gasteiger charge is 2.17. The first kappa shape index (κ1) is 9.74. The molecule has 1 aliphatic rings. The van der Waals surface area contributed by atoms with E-state index in [1.807, 2.05) is 19.0 Å². The summed E-state index contributed by atoms with van der Waals surface area (Å²) in [4.78, 5) is 2.02. The van der Waals surface area contributed by atoms with Crippen molar-refractivity contribution in [1.29, 1.82) is 0 Å². The van der Waals surface area contributed by atoms with Gasteiger partial charge in [0.15, 0.2) is 5.11 Å². The molecular weight excluding hydrogens is 172 g/mol. The van der Waals surface area contributed by atoms with Gasteiger partial charge in [-0.3, -0.25) is 0 Å². The zero-order chi connectivity index (χ0) is 8.97. The number of thiocarbonyl (C=S) groups is 1. The van der Waals surface area contributed by atoms with E-state index in [0.717, 1.165) is 24.7 Å². The van der Waals surface area contributed by atoms with Crippen LogP contribution in [0.25, 0.3) is 0 Å². The van der Waals surface area contributed by atoms with E-state index in [0.29, 0.717) is 6.10 Å². The lowest BCUT2D eigenvalue weighted by Crippen LogP contribution is -2.39. The summed E-state index contributed by atoms with van der Waals surface area (Å²) in [5, 5.41) is 3.72. The van der Waals surface area contributed by atoms with Gasteiger partial charge in [-0.2, -0.15) is 0 Å². The minimum atomic E-state index is 0.376. The zero-order valence-corrected chi connectivity index (χ0v) is 8.49. The van der Waals surface area contributed by atoms with Crippen molar-refractivity contribution in [3.8, 4) is 0 Å². The number of hydrogen-bond acceptors (Lipinski definition) is 2. The topological polar surface area (TPSA) is 24.5 Å². The van der Waals surface area contributed by atoms with Crippen molar-refractivity contribution < 1.29 is 4.74 Å². The first-order valence-corrected chi connectivity index (χ1v) is 4.69. The zero-order valence-electron chi connectivity index (χ0n) is 7.67. The number of rotatable bonds is 2. The summed E-state index contributed by atoms with van der Waals surface area (Å²) in [5.74, 6) is 0. The van der Waals surface area contributed by atoms with Crippen LogP contribution in [0.5, 0.6) is 0 Å². The summed E-state index contributed by atoms with van der Waals surface area (Å²) in [6.45, 7) is 1.81. The van der Waals surface area contributed by atoms with Gasteiger partial charge in [-0.15, -0.1) is 0 Å². The lowest BCUT2D eigenvalue weighted by molar-refractivity contribution is 0.0958. The molecule has 4 heteroatoms. The van der Waals surface area contributed by atoms with Gasteiger partial charge >= 0.3 is 0 Å². The summed E-state index contributed by atoms with van der Waals surface area (Å²) < 4.78 is 5.49. The fraction of sp³-hybridized carbons (Fsp3) is 0.875. The molecule has 1 unspecified atom stereocenters. The van der Waals surface area contributed by atoms with Gasteiger partial charge in [0.25, 0.3) is 0 Å². The van der Waals surface area contributed by atoms with Crippen LogP contribution in [0, 0.1) is 0 Å². The molecule has 0 aromatic carbocycles. The molecule has 3 nitrogen and oxygen atoms in total. The Bertz CT molecular complexity index is 157. The lowest BCUT2D eigenvalue weighted by Gasteiger charge is -2.22. The molecule has 1 rings (SSSR count). The van der Waals surface area contributed by atoms with Gasteiger partial charge < -0.3 is 15.0 Å². The molecule has 1 N–H and O–H groups in total. The minimum absolute atomic E-state index is 0.376. The van der Waals surface area contributed by atoms with Crippen molar-refractivity contribution >= 4 is 17.3 Å². The predicted molar refractivity (Wildman–Crippen MR) is 53.3 cm³/mol. The fourth-order valence-corrected chi connectivity index (χ4v) is 1.44. The lowest BCUT2D eigenvalue weighted by atomic mass is 10.2. The summed E-state index contributed by atoms with van der Waals surface area (Å²) in [6, 6.07) is 0. The Kier molecular flexibility index (Phi) is 3.75. The molecule has 1 saturated heterocycles. The molecule has 1 fully saturated rings. The van der Waals surface area contributed by atoms with Gasteiger partial charge in [-0.05, 0) is 25.1 Å². The molecule has 0 aromatic heterocycles. The SMILES string of the molecule is CNC(=S)N(C)CC1CCCO1. The number of ether oxygens (including phenoxy) is 1. The Morgan fingerprint density at radius 3 is 3.00 bits per heavy atom. The highest BCUT2D eigenvalue weighted by atomic mass is 32.1. The van der Waals surface area contributed by atoms with Crippen molar-refractivity contribution in [1.82, 2.24) is 10.2 Å². The van der Waals surface area contributed by atoms with Crippen molar-refractivity contribution in [2.75, 3.05) is 27.2 Å². The Morgan fingerprint density at radius 1 is 1.75 bits per heavy atom. The molecule has 0 aromatic rings. The van der Waals surface area contributed by atoms with E-state index in [9.17, 15) is 0 Å². The van der Waals surface area contributed by atoms with E-state index in [1.165, 1.54) is 6.42 Å². The minimum Gasteiger partial charge on any atom is -0.376 e. The van der Waals surface area contributed by atoms with Crippen LogP contribution in [-0.4, -0.2) is 43.4 Å². The molecular formula is C8H16N2OS. The predicted octanol–water partition coefficient (Wildman–Crippen LogP) is 0.601. The van der Waals surface area contributed by atoms with Gasteiger partial charge in [0.05, 0.1) is 6.10 Å². The van der Waals surface area contributed by atoms with Crippen molar-refractivity contribution in [3.63, 3.8) is 0 Å². The maximum Gasteiger partial charge on any atom is 0.168 e. The smallest absolute Gasteiger partial charge is 0.168 e. The maximum atomic E-state index is 5.49. The van der Waals surface area contributed by atoms with E-state index in [1.54, 1.807) is 0 Å². The molecule has 0 saturated carbocycles. The first-order valence-electron chi connectivity index (χ1n) is 4.28. The normalized spacial score (nSPS) is 22.3. The van der Waals surface area contributed by atoms with Crippen LogP contribution in [0.2, 0.25) is 0 Å². The molecule has 0 amide bonds. The van der Waals surface area contributed by atoms with Crippen LogP contribution in [0.1, 0.15) is 12.8 Å². The standard InChI is InChI=1S/C8H16N2OS/c1-9-8(12)10(2)6-7-4-3-5-11-7/h7H,3-6H2,1-2H3,(H,9,12). The second kappa shape index (κ2) is 4.62. The van der Waals surface area contributed by atoms with E-state index in [2.05, 4.69) is 5.32 Å². The molecule has 0 spiro atoms. The Balaban J connectivity index is 2.24. The van der Waals surface area contributed by atoms with E-state index in [-0.39, 0.29) is 0 Å². The third kappa shape index (κ3) is 2.60. The van der Waals surface area contributed by atoms with E-state index >= 15 is 0 Å². The van der Waals surface area contributed by atoms with Crippen LogP contribution in [0.4, 0.5) is 0 Å².